The lowest BCUT2D eigenvalue weighted by atomic mass is 9.98. The normalized spacial score (nSPS) is 12.6. The molecule has 0 aliphatic heterocycles. The number of hydrogen-bond donors (Lipinski definition) is 1. The molecule has 1 heterocycles. The van der Waals surface area contributed by atoms with Gasteiger partial charge in [0, 0.05) is 24.3 Å². The van der Waals surface area contributed by atoms with Crippen LogP contribution in [0.25, 0.3) is 11.1 Å². The quantitative estimate of drug-likeness (QED) is 0.864. The molecular formula is C18H27N3. The van der Waals surface area contributed by atoms with E-state index in [-0.39, 0.29) is 0 Å². The predicted octanol–water partition coefficient (Wildman–Crippen LogP) is 4.15. The molecule has 0 aliphatic rings. The van der Waals surface area contributed by atoms with Crippen LogP contribution in [0.5, 0.6) is 0 Å². The molecule has 1 aromatic heterocycles. The van der Waals surface area contributed by atoms with Crippen molar-refractivity contribution in [3.63, 3.8) is 0 Å². The molecule has 3 heteroatoms. The molecule has 0 saturated heterocycles. The van der Waals surface area contributed by atoms with E-state index in [9.17, 15) is 0 Å². The van der Waals surface area contributed by atoms with Crippen LogP contribution in [0.4, 0.5) is 0 Å². The first-order chi connectivity index (χ1) is 10.1. The third-order valence-electron chi connectivity index (χ3n) is 4.16. The highest BCUT2D eigenvalue weighted by Gasteiger charge is 2.13. The summed E-state index contributed by atoms with van der Waals surface area (Å²) in [5.41, 5.74) is 6.20. The second-order valence-electron chi connectivity index (χ2n) is 5.71. The predicted molar refractivity (Wildman–Crippen MR) is 89.4 cm³/mol. The van der Waals surface area contributed by atoms with Crippen LogP contribution in [-0.4, -0.2) is 16.3 Å². The van der Waals surface area contributed by atoms with E-state index in [4.69, 9.17) is 0 Å². The van der Waals surface area contributed by atoms with Gasteiger partial charge in [0.25, 0.3) is 0 Å². The first-order valence-corrected chi connectivity index (χ1v) is 7.92. The lowest BCUT2D eigenvalue weighted by molar-refractivity contribution is 0.518. The number of benzene rings is 1. The van der Waals surface area contributed by atoms with Crippen molar-refractivity contribution in [3.8, 4) is 11.1 Å². The van der Waals surface area contributed by atoms with Crippen LogP contribution in [0.1, 0.15) is 49.7 Å². The van der Waals surface area contributed by atoms with Gasteiger partial charge in [-0.05, 0) is 44.4 Å². The molecule has 1 aromatic carbocycles. The van der Waals surface area contributed by atoms with Crippen molar-refractivity contribution < 1.29 is 0 Å². The summed E-state index contributed by atoms with van der Waals surface area (Å²) in [5, 5.41) is 8.11. The van der Waals surface area contributed by atoms with Gasteiger partial charge in [0.05, 0.1) is 5.69 Å². The molecule has 0 aliphatic carbocycles. The van der Waals surface area contributed by atoms with Gasteiger partial charge in [-0.25, -0.2) is 0 Å². The van der Waals surface area contributed by atoms with E-state index in [1.54, 1.807) is 0 Å². The van der Waals surface area contributed by atoms with Gasteiger partial charge in [-0.3, -0.25) is 4.68 Å². The molecule has 1 unspecified atom stereocenters. The Balaban J connectivity index is 2.26. The maximum atomic E-state index is 4.51. The van der Waals surface area contributed by atoms with E-state index in [1.165, 1.54) is 28.8 Å². The number of nitrogens with one attached hydrogen (secondary N) is 1. The van der Waals surface area contributed by atoms with Crippen molar-refractivity contribution in [3.05, 3.63) is 41.2 Å². The summed E-state index contributed by atoms with van der Waals surface area (Å²) < 4.78 is 1.95. The molecule has 0 amide bonds. The zero-order valence-corrected chi connectivity index (χ0v) is 13.9. The molecule has 0 saturated carbocycles. The summed E-state index contributed by atoms with van der Waals surface area (Å²) >= 11 is 0. The fourth-order valence-electron chi connectivity index (χ4n) is 2.89. The molecule has 0 fully saturated rings. The van der Waals surface area contributed by atoms with Gasteiger partial charge in [-0.2, -0.15) is 5.10 Å². The number of rotatable bonds is 6. The van der Waals surface area contributed by atoms with Crippen molar-refractivity contribution >= 4 is 0 Å². The van der Waals surface area contributed by atoms with Gasteiger partial charge < -0.3 is 5.32 Å². The van der Waals surface area contributed by atoms with Crippen LogP contribution in [0.15, 0.2) is 24.3 Å². The van der Waals surface area contributed by atoms with Crippen molar-refractivity contribution in [2.75, 3.05) is 6.54 Å². The lowest BCUT2D eigenvalue weighted by Gasteiger charge is -2.17. The highest BCUT2D eigenvalue weighted by Crippen LogP contribution is 2.28. The Hall–Kier alpha value is -1.61. The monoisotopic (exact) mass is 285 g/mol. The Kier molecular flexibility index (Phi) is 5.18. The minimum atomic E-state index is 0.454. The van der Waals surface area contributed by atoms with E-state index in [1.807, 2.05) is 11.7 Å². The van der Waals surface area contributed by atoms with Crippen molar-refractivity contribution in [2.45, 2.75) is 46.6 Å². The van der Waals surface area contributed by atoms with Gasteiger partial charge in [-0.15, -0.1) is 0 Å². The van der Waals surface area contributed by atoms with Crippen LogP contribution in [0.2, 0.25) is 0 Å². The van der Waals surface area contributed by atoms with Crippen molar-refractivity contribution in [2.24, 2.45) is 7.05 Å². The molecule has 1 atom stereocenters. The zero-order valence-electron chi connectivity index (χ0n) is 13.9. The second kappa shape index (κ2) is 6.90. The number of nitrogens with zero attached hydrogens (tertiary/aromatic N) is 2. The molecule has 0 radical (unpaired) electrons. The fraction of sp³-hybridized carbons (Fsp3) is 0.500. The summed E-state index contributed by atoms with van der Waals surface area (Å²) in [4.78, 5) is 0. The van der Waals surface area contributed by atoms with E-state index in [0.29, 0.717) is 6.04 Å². The summed E-state index contributed by atoms with van der Waals surface area (Å²) in [6.07, 6.45) is 2.28. The van der Waals surface area contributed by atoms with Crippen molar-refractivity contribution in [1.29, 1.82) is 0 Å². The minimum absolute atomic E-state index is 0.454. The Labute approximate surface area is 128 Å². The zero-order chi connectivity index (χ0) is 15.4. The first-order valence-electron chi connectivity index (χ1n) is 7.92. The SMILES string of the molecule is CCCNC(CC)c1ccc(-c2c(C)nn(C)c2C)cc1. The van der Waals surface area contributed by atoms with Crippen LogP contribution < -0.4 is 5.32 Å². The molecular weight excluding hydrogens is 258 g/mol. The van der Waals surface area contributed by atoms with Gasteiger partial charge >= 0.3 is 0 Å². The smallest absolute Gasteiger partial charge is 0.0674 e. The van der Waals surface area contributed by atoms with Crippen LogP contribution in [0, 0.1) is 13.8 Å². The largest absolute Gasteiger partial charge is 0.310 e. The first kappa shape index (κ1) is 15.8. The highest BCUT2D eigenvalue weighted by atomic mass is 15.3. The molecule has 21 heavy (non-hydrogen) atoms. The summed E-state index contributed by atoms with van der Waals surface area (Å²) in [5.74, 6) is 0. The van der Waals surface area contributed by atoms with E-state index >= 15 is 0 Å². The summed E-state index contributed by atoms with van der Waals surface area (Å²) in [6.45, 7) is 9.71. The van der Waals surface area contributed by atoms with E-state index in [2.05, 4.69) is 62.4 Å². The second-order valence-corrected chi connectivity index (χ2v) is 5.71. The lowest BCUT2D eigenvalue weighted by Crippen LogP contribution is -2.21. The number of aromatic nitrogens is 2. The Morgan fingerprint density at radius 2 is 1.81 bits per heavy atom. The van der Waals surface area contributed by atoms with Crippen LogP contribution >= 0.6 is 0 Å². The maximum absolute atomic E-state index is 4.51. The van der Waals surface area contributed by atoms with Gasteiger partial charge in [-0.1, -0.05) is 38.1 Å². The average molecular weight is 285 g/mol. The highest BCUT2D eigenvalue weighted by molar-refractivity contribution is 5.68. The summed E-state index contributed by atoms with van der Waals surface area (Å²) in [7, 11) is 2.00. The Morgan fingerprint density at radius 3 is 2.29 bits per heavy atom. The van der Waals surface area contributed by atoms with Crippen LogP contribution in [0.3, 0.4) is 0 Å². The fourth-order valence-corrected chi connectivity index (χ4v) is 2.89. The molecule has 0 bridgehead atoms. The van der Waals surface area contributed by atoms with E-state index < -0.39 is 0 Å². The maximum Gasteiger partial charge on any atom is 0.0674 e. The summed E-state index contributed by atoms with van der Waals surface area (Å²) in [6, 6.07) is 9.40. The molecule has 114 valence electrons. The number of hydrogen-bond acceptors (Lipinski definition) is 2. The molecule has 1 N–H and O–H groups in total. The van der Waals surface area contributed by atoms with Crippen molar-refractivity contribution in [1.82, 2.24) is 15.1 Å². The molecule has 0 spiro atoms. The minimum Gasteiger partial charge on any atom is -0.310 e. The molecule has 2 aromatic rings. The average Bonchev–Trinajstić information content (AvgIpc) is 2.74. The molecule has 2 rings (SSSR count). The molecule has 3 nitrogen and oxygen atoms in total. The van der Waals surface area contributed by atoms with Crippen LogP contribution in [-0.2, 0) is 7.05 Å². The topological polar surface area (TPSA) is 29.9 Å². The van der Waals surface area contributed by atoms with Gasteiger partial charge in [0.15, 0.2) is 0 Å². The number of aryl methyl sites for hydroxylation is 2. The van der Waals surface area contributed by atoms with Gasteiger partial charge in [0.2, 0.25) is 0 Å². The standard InChI is InChI=1S/C18H27N3/c1-6-12-19-17(7-2)15-8-10-16(11-9-15)18-13(3)20-21(5)14(18)4/h8-11,17,19H,6-7,12H2,1-5H3. The third-order valence-corrected chi connectivity index (χ3v) is 4.16. The third kappa shape index (κ3) is 3.35. The Bertz CT molecular complexity index is 581. The Morgan fingerprint density at radius 1 is 1.14 bits per heavy atom. The van der Waals surface area contributed by atoms with Gasteiger partial charge in [0.1, 0.15) is 0 Å². The van der Waals surface area contributed by atoms with E-state index in [0.717, 1.165) is 18.7 Å².